The lowest BCUT2D eigenvalue weighted by Gasteiger charge is -2.01. The smallest absolute Gasteiger partial charge is 0.164 e. The predicted molar refractivity (Wildman–Crippen MR) is 62.2 cm³/mol. The number of hydrogen-bond donors (Lipinski definition) is 1. The highest BCUT2D eigenvalue weighted by molar-refractivity contribution is 6.32. The summed E-state index contributed by atoms with van der Waals surface area (Å²) in [5, 5.41) is 5.23. The summed E-state index contributed by atoms with van der Waals surface area (Å²) in [5.74, 6) is 0.346. The molecule has 0 aliphatic heterocycles. The fraction of sp³-hybridized carbons (Fsp3) is 0.100. The van der Waals surface area contributed by atoms with Gasteiger partial charge in [-0.15, -0.1) is 0 Å². The molecule has 0 saturated carbocycles. The summed E-state index contributed by atoms with van der Waals surface area (Å²) in [4.78, 5) is 0. The van der Waals surface area contributed by atoms with E-state index in [0.717, 1.165) is 5.56 Å². The third-order valence-electron chi connectivity index (χ3n) is 1.98. The van der Waals surface area contributed by atoms with Crippen LogP contribution in [0.3, 0.4) is 0 Å². The number of hydrogen-bond acceptors (Lipinski definition) is 2. The van der Waals surface area contributed by atoms with Crippen LogP contribution in [0.2, 0.25) is 10.0 Å². The second kappa shape index (κ2) is 4.13. The largest absolute Gasteiger partial charge is 0.381 e. The van der Waals surface area contributed by atoms with Gasteiger partial charge in [-0.25, -0.2) is 0 Å². The molecule has 0 amide bonds. The van der Waals surface area contributed by atoms with Crippen LogP contribution in [0.25, 0.3) is 0 Å². The minimum atomic E-state index is 0.346. The minimum absolute atomic E-state index is 0.346. The molecule has 0 aliphatic carbocycles. The van der Waals surface area contributed by atoms with E-state index >= 15 is 0 Å². The number of benzene rings is 1. The Balaban J connectivity index is 2.22. The second-order valence-corrected chi connectivity index (χ2v) is 4.03. The molecule has 3 nitrogen and oxygen atoms in total. The Morgan fingerprint density at radius 2 is 2.13 bits per heavy atom. The van der Waals surface area contributed by atoms with E-state index in [-0.39, 0.29) is 0 Å². The van der Waals surface area contributed by atoms with E-state index in [4.69, 9.17) is 28.9 Å². The first-order valence-electron chi connectivity index (χ1n) is 4.38. The van der Waals surface area contributed by atoms with Gasteiger partial charge in [0.25, 0.3) is 0 Å². The highest BCUT2D eigenvalue weighted by Gasteiger charge is 2.03. The molecule has 0 unspecified atom stereocenters. The highest BCUT2D eigenvalue weighted by atomic mass is 35.5. The summed E-state index contributed by atoms with van der Waals surface area (Å²) in [6.07, 6.45) is 1.69. The van der Waals surface area contributed by atoms with Crippen LogP contribution in [0.1, 0.15) is 5.56 Å². The number of nitrogens with two attached hydrogens (primary N) is 1. The lowest BCUT2D eigenvalue weighted by molar-refractivity contribution is 0.690. The first-order chi connectivity index (χ1) is 7.15. The molecule has 0 atom stereocenters. The molecule has 5 heteroatoms. The van der Waals surface area contributed by atoms with Gasteiger partial charge in [0.1, 0.15) is 5.02 Å². The fourth-order valence-corrected chi connectivity index (χ4v) is 1.68. The van der Waals surface area contributed by atoms with Crippen LogP contribution in [0.4, 0.5) is 5.82 Å². The van der Waals surface area contributed by atoms with Crippen LogP contribution in [0.5, 0.6) is 0 Å². The Morgan fingerprint density at radius 1 is 1.33 bits per heavy atom. The van der Waals surface area contributed by atoms with Crippen molar-refractivity contribution in [2.24, 2.45) is 0 Å². The van der Waals surface area contributed by atoms with Crippen molar-refractivity contribution in [1.29, 1.82) is 0 Å². The maximum absolute atomic E-state index is 5.87. The number of nitrogen functional groups attached to an aromatic ring is 1. The van der Waals surface area contributed by atoms with Crippen LogP contribution in [-0.4, -0.2) is 9.78 Å². The van der Waals surface area contributed by atoms with Crippen molar-refractivity contribution in [2.45, 2.75) is 6.54 Å². The van der Waals surface area contributed by atoms with E-state index in [1.165, 1.54) is 0 Å². The zero-order valence-electron chi connectivity index (χ0n) is 7.82. The summed E-state index contributed by atoms with van der Waals surface area (Å²) in [6.45, 7) is 0.609. The molecule has 2 N–H and O–H groups in total. The van der Waals surface area contributed by atoms with Crippen molar-refractivity contribution in [3.63, 3.8) is 0 Å². The molecule has 1 aromatic carbocycles. The van der Waals surface area contributed by atoms with Gasteiger partial charge < -0.3 is 5.73 Å². The summed E-state index contributed by atoms with van der Waals surface area (Å²) in [5.41, 5.74) is 6.59. The van der Waals surface area contributed by atoms with Gasteiger partial charge in [0.05, 0.1) is 6.54 Å². The molecular weight excluding hydrogens is 233 g/mol. The van der Waals surface area contributed by atoms with Gasteiger partial charge in [0, 0.05) is 11.2 Å². The Hall–Kier alpha value is -1.19. The van der Waals surface area contributed by atoms with E-state index in [9.17, 15) is 0 Å². The van der Waals surface area contributed by atoms with Gasteiger partial charge in [-0.2, -0.15) is 5.10 Å². The minimum Gasteiger partial charge on any atom is -0.381 e. The zero-order valence-corrected chi connectivity index (χ0v) is 9.33. The Bertz CT molecular complexity index is 460. The molecular formula is C10H9Cl2N3. The van der Waals surface area contributed by atoms with Gasteiger partial charge in [-0.3, -0.25) is 4.68 Å². The van der Waals surface area contributed by atoms with Crippen molar-refractivity contribution < 1.29 is 0 Å². The highest BCUT2D eigenvalue weighted by Crippen LogP contribution is 2.17. The molecule has 78 valence electrons. The van der Waals surface area contributed by atoms with Gasteiger partial charge in [0.15, 0.2) is 5.82 Å². The van der Waals surface area contributed by atoms with Gasteiger partial charge in [0.2, 0.25) is 0 Å². The monoisotopic (exact) mass is 241 g/mol. The molecule has 15 heavy (non-hydrogen) atoms. The molecule has 2 rings (SSSR count). The third kappa shape index (κ3) is 2.43. The molecule has 0 fully saturated rings. The summed E-state index contributed by atoms with van der Waals surface area (Å²) in [7, 11) is 0. The predicted octanol–water partition coefficient (Wildman–Crippen LogP) is 2.82. The SMILES string of the molecule is Nc1nn(Cc2cccc(Cl)c2)cc1Cl. The summed E-state index contributed by atoms with van der Waals surface area (Å²) in [6, 6.07) is 7.58. The lowest BCUT2D eigenvalue weighted by atomic mass is 10.2. The van der Waals surface area contributed by atoms with E-state index in [0.29, 0.717) is 22.4 Å². The van der Waals surface area contributed by atoms with Gasteiger partial charge in [-0.1, -0.05) is 35.3 Å². The zero-order chi connectivity index (χ0) is 10.8. The maximum atomic E-state index is 5.87. The topological polar surface area (TPSA) is 43.8 Å². The number of nitrogens with zero attached hydrogens (tertiary/aromatic N) is 2. The summed E-state index contributed by atoms with van der Waals surface area (Å²) >= 11 is 11.7. The molecule has 0 aliphatic rings. The molecule has 0 spiro atoms. The normalized spacial score (nSPS) is 10.5. The number of rotatable bonds is 2. The molecule has 1 heterocycles. The number of aromatic nitrogens is 2. The van der Waals surface area contributed by atoms with Crippen LogP contribution in [0.15, 0.2) is 30.5 Å². The second-order valence-electron chi connectivity index (χ2n) is 3.19. The first-order valence-corrected chi connectivity index (χ1v) is 5.13. The first kappa shape index (κ1) is 10.3. The van der Waals surface area contributed by atoms with Crippen LogP contribution in [0, 0.1) is 0 Å². The van der Waals surface area contributed by atoms with E-state index in [2.05, 4.69) is 5.10 Å². The standard InChI is InChI=1S/C10H9Cl2N3/c11-8-3-1-2-7(4-8)5-15-6-9(12)10(13)14-15/h1-4,6H,5H2,(H2,13,14). The third-order valence-corrected chi connectivity index (χ3v) is 2.50. The van der Waals surface area contributed by atoms with Gasteiger partial charge in [-0.05, 0) is 17.7 Å². The van der Waals surface area contributed by atoms with Crippen molar-refractivity contribution in [1.82, 2.24) is 9.78 Å². The van der Waals surface area contributed by atoms with Crippen molar-refractivity contribution >= 4 is 29.0 Å². The van der Waals surface area contributed by atoms with E-state index in [1.807, 2.05) is 24.3 Å². The van der Waals surface area contributed by atoms with Crippen LogP contribution >= 0.6 is 23.2 Å². The van der Waals surface area contributed by atoms with Crippen molar-refractivity contribution in [3.8, 4) is 0 Å². The average molecular weight is 242 g/mol. The van der Waals surface area contributed by atoms with Crippen molar-refractivity contribution in [2.75, 3.05) is 5.73 Å². The quantitative estimate of drug-likeness (QED) is 0.879. The average Bonchev–Trinajstić information content (AvgIpc) is 2.45. The number of halogens is 2. The van der Waals surface area contributed by atoms with Crippen LogP contribution in [-0.2, 0) is 6.54 Å². The molecule has 2 aromatic rings. The van der Waals surface area contributed by atoms with Crippen molar-refractivity contribution in [3.05, 3.63) is 46.1 Å². The Kier molecular flexibility index (Phi) is 2.84. The summed E-state index contributed by atoms with van der Waals surface area (Å²) < 4.78 is 1.68. The van der Waals surface area contributed by atoms with Gasteiger partial charge >= 0.3 is 0 Å². The molecule has 1 aromatic heterocycles. The lowest BCUT2D eigenvalue weighted by Crippen LogP contribution is -2.00. The molecule has 0 bridgehead atoms. The Labute approximate surface area is 97.4 Å². The van der Waals surface area contributed by atoms with E-state index < -0.39 is 0 Å². The van der Waals surface area contributed by atoms with E-state index in [1.54, 1.807) is 10.9 Å². The maximum Gasteiger partial charge on any atom is 0.164 e. The molecule has 0 saturated heterocycles. The van der Waals surface area contributed by atoms with Crippen LogP contribution < -0.4 is 5.73 Å². The Morgan fingerprint density at radius 3 is 2.73 bits per heavy atom. The number of anilines is 1. The molecule has 0 radical (unpaired) electrons. The fourth-order valence-electron chi connectivity index (χ4n) is 1.32.